The maximum atomic E-state index is 13.0. The Morgan fingerprint density at radius 1 is 1.11 bits per heavy atom. The molecule has 0 aliphatic carbocycles. The van der Waals surface area contributed by atoms with E-state index >= 15 is 0 Å². The molecule has 1 atom stereocenters. The summed E-state index contributed by atoms with van der Waals surface area (Å²) in [4.78, 5) is 28.1. The minimum absolute atomic E-state index is 0.179. The van der Waals surface area contributed by atoms with Crippen LogP contribution in [0.2, 0.25) is 5.02 Å². The highest BCUT2D eigenvalue weighted by Gasteiger charge is 2.44. The van der Waals surface area contributed by atoms with Gasteiger partial charge in [-0.1, -0.05) is 35.9 Å². The van der Waals surface area contributed by atoms with Crippen LogP contribution in [0.5, 0.6) is 5.75 Å². The van der Waals surface area contributed by atoms with Crippen molar-refractivity contribution in [3.05, 3.63) is 58.6 Å². The second-order valence-electron chi connectivity index (χ2n) is 7.67. The van der Waals surface area contributed by atoms with Gasteiger partial charge in [0.2, 0.25) is 16.0 Å². The summed E-state index contributed by atoms with van der Waals surface area (Å²) in [7, 11) is -4.53. The molecule has 0 radical (unpaired) electrons. The van der Waals surface area contributed by atoms with Gasteiger partial charge < -0.3 is 25.8 Å². The standard InChI is InChI=1S/C22H24ClF3N4O7S/c1-13-4-2-5-16(23)18(13)38(33,34)30-17(19(31)37-20(32)22(24,25)26)12-14-6-8-15(9-7-14)35-10-3-11-36-29-21(27)28/h2,4-9,17,30H,3,10-12H2,1H3,(H4,27,28,29)/t17-/m0/s1. The van der Waals surface area contributed by atoms with E-state index in [1.165, 1.54) is 49.4 Å². The zero-order chi connectivity index (χ0) is 28.5. The lowest BCUT2D eigenvalue weighted by molar-refractivity contribution is -0.202. The van der Waals surface area contributed by atoms with Crippen LogP contribution in [0.25, 0.3) is 0 Å². The number of nitrogens with zero attached hydrogens (tertiary/aromatic N) is 1. The highest BCUT2D eigenvalue weighted by Crippen LogP contribution is 2.26. The first kappa shape index (κ1) is 30.7. The summed E-state index contributed by atoms with van der Waals surface area (Å²) in [6.07, 6.45) is -5.49. The SMILES string of the molecule is Cc1cccc(Cl)c1S(=O)(=O)N[C@@H](Cc1ccc(OCCCON=C(N)N)cc1)C(=O)OC(=O)C(F)(F)F. The van der Waals surface area contributed by atoms with Crippen LogP contribution in [0.15, 0.2) is 52.5 Å². The molecule has 38 heavy (non-hydrogen) atoms. The number of alkyl halides is 3. The maximum absolute atomic E-state index is 13.0. The molecule has 0 fully saturated rings. The van der Waals surface area contributed by atoms with Gasteiger partial charge in [-0.25, -0.2) is 18.0 Å². The Labute approximate surface area is 220 Å². The number of oxime groups is 1. The number of carbonyl (C=O) groups excluding carboxylic acids is 2. The van der Waals surface area contributed by atoms with Crippen molar-refractivity contribution in [2.75, 3.05) is 13.2 Å². The quantitative estimate of drug-likeness (QED) is 0.0849. The average molecular weight is 581 g/mol. The molecular formula is C22H24ClF3N4O7S. The molecule has 2 aromatic carbocycles. The summed E-state index contributed by atoms with van der Waals surface area (Å²) in [5.74, 6) is -4.36. The lowest BCUT2D eigenvalue weighted by atomic mass is 10.1. The highest BCUT2D eigenvalue weighted by molar-refractivity contribution is 7.89. The predicted molar refractivity (Wildman–Crippen MR) is 129 cm³/mol. The van der Waals surface area contributed by atoms with Crippen molar-refractivity contribution in [2.24, 2.45) is 16.6 Å². The number of hydrogen-bond donors (Lipinski definition) is 3. The molecule has 0 aromatic heterocycles. The largest absolute Gasteiger partial charge is 0.493 e. The van der Waals surface area contributed by atoms with Crippen molar-refractivity contribution >= 4 is 39.5 Å². The number of ether oxygens (including phenoxy) is 2. The van der Waals surface area contributed by atoms with E-state index in [-0.39, 0.29) is 34.7 Å². The third kappa shape index (κ3) is 9.39. The number of hydrogen-bond acceptors (Lipinski definition) is 8. The Kier molecular flexibility index (Phi) is 10.7. The molecule has 0 amide bonds. The number of nitrogens with two attached hydrogens (primary N) is 2. The van der Waals surface area contributed by atoms with Gasteiger partial charge in [0.1, 0.15) is 23.3 Å². The van der Waals surface area contributed by atoms with Crippen molar-refractivity contribution in [1.29, 1.82) is 0 Å². The predicted octanol–water partition coefficient (Wildman–Crippen LogP) is 2.14. The molecule has 11 nitrogen and oxygen atoms in total. The van der Waals surface area contributed by atoms with Crippen LogP contribution >= 0.6 is 11.6 Å². The van der Waals surface area contributed by atoms with Crippen molar-refractivity contribution in [1.82, 2.24) is 4.72 Å². The van der Waals surface area contributed by atoms with Gasteiger partial charge >= 0.3 is 18.1 Å². The molecule has 0 saturated carbocycles. The molecule has 0 aliphatic heterocycles. The van der Waals surface area contributed by atoms with Crippen LogP contribution < -0.4 is 20.9 Å². The summed E-state index contributed by atoms with van der Waals surface area (Å²) in [5, 5.41) is 3.17. The van der Waals surface area contributed by atoms with E-state index in [2.05, 4.69) is 9.89 Å². The number of esters is 2. The lowest BCUT2D eigenvalue weighted by Gasteiger charge is -2.19. The van der Waals surface area contributed by atoms with Crippen LogP contribution in [-0.4, -0.2) is 51.7 Å². The number of benzene rings is 2. The van der Waals surface area contributed by atoms with Crippen LogP contribution in [-0.2, 0) is 35.6 Å². The van der Waals surface area contributed by atoms with Gasteiger partial charge in [0.25, 0.3) is 0 Å². The molecule has 5 N–H and O–H groups in total. The van der Waals surface area contributed by atoms with Crippen LogP contribution in [0, 0.1) is 6.92 Å². The van der Waals surface area contributed by atoms with Gasteiger partial charge in [0.15, 0.2) is 0 Å². The first-order chi connectivity index (χ1) is 17.7. The van der Waals surface area contributed by atoms with Crippen LogP contribution in [0.4, 0.5) is 13.2 Å². The van der Waals surface area contributed by atoms with E-state index in [9.17, 15) is 31.2 Å². The molecule has 0 aliphatic rings. The summed E-state index contributed by atoms with van der Waals surface area (Å²) in [5.41, 5.74) is 10.8. The molecule has 2 aromatic rings. The van der Waals surface area contributed by atoms with Gasteiger partial charge in [0.05, 0.1) is 11.6 Å². The molecule has 0 spiro atoms. The lowest BCUT2D eigenvalue weighted by Crippen LogP contribution is -2.45. The van der Waals surface area contributed by atoms with E-state index in [4.69, 9.17) is 32.6 Å². The van der Waals surface area contributed by atoms with Crippen LogP contribution in [0.1, 0.15) is 17.5 Å². The number of aryl methyl sites for hydroxylation is 1. The first-order valence-corrected chi connectivity index (χ1v) is 12.6. The topological polar surface area (TPSA) is 172 Å². The van der Waals surface area contributed by atoms with Gasteiger partial charge in [-0.2, -0.15) is 17.9 Å². The molecule has 2 rings (SSSR count). The fraction of sp³-hybridized carbons (Fsp3) is 0.318. The first-order valence-electron chi connectivity index (χ1n) is 10.7. The van der Waals surface area contributed by atoms with Crippen molar-refractivity contribution in [3.63, 3.8) is 0 Å². The van der Waals surface area contributed by atoms with E-state index in [1.54, 1.807) is 0 Å². The Morgan fingerprint density at radius 3 is 2.34 bits per heavy atom. The Hall–Kier alpha value is -3.56. The number of guanidine groups is 1. The van der Waals surface area contributed by atoms with Gasteiger partial charge in [-0.15, -0.1) is 0 Å². The molecule has 0 saturated heterocycles. The van der Waals surface area contributed by atoms with E-state index in [1.807, 2.05) is 4.72 Å². The number of sulfonamides is 1. The fourth-order valence-corrected chi connectivity index (χ4v) is 5.00. The van der Waals surface area contributed by atoms with Gasteiger partial charge in [-0.05, 0) is 47.8 Å². The average Bonchev–Trinajstić information content (AvgIpc) is 2.80. The summed E-state index contributed by atoms with van der Waals surface area (Å²) < 4.78 is 75.3. The Bertz CT molecular complexity index is 1250. The Morgan fingerprint density at radius 2 is 1.76 bits per heavy atom. The molecular weight excluding hydrogens is 557 g/mol. The maximum Gasteiger partial charge on any atom is 0.491 e. The van der Waals surface area contributed by atoms with Crippen molar-refractivity contribution in [2.45, 2.75) is 36.9 Å². The second kappa shape index (κ2) is 13.3. The zero-order valence-corrected chi connectivity index (χ0v) is 21.4. The molecule has 0 bridgehead atoms. The second-order valence-corrected chi connectivity index (χ2v) is 9.72. The highest BCUT2D eigenvalue weighted by atomic mass is 35.5. The summed E-state index contributed by atoms with van der Waals surface area (Å²) in [6.45, 7) is 1.85. The minimum atomic E-state index is -5.47. The molecule has 208 valence electrons. The monoisotopic (exact) mass is 580 g/mol. The van der Waals surface area contributed by atoms with Crippen molar-refractivity contribution < 1.29 is 45.5 Å². The van der Waals surface area contributed by atoms with Gasteiger partial charge in [-0.3, -0.25) is 0 Å². The number of nitrogens with one attached hydrogen (secondary N) is 1. The molecule has 0 heterocycles. The summed E-state index contributed by atoms with van der Waals surface area (Å²) >= 11 is 6.00. The molecule has 16 heteroatoms. The van der Waals surface area contributed by atoms with E-state index in [0.717, 1.165) is 0 Å². The van der Waals surface area contributed by atoms with E-state index in [0.29, 0.717) is 17.7 Å². The molecule has 0 unspecified atom stereocenters. The minimum Gasteiger partial charge on any atom is -0.493 e. The van der Waals surface area contributed by atoms with E-state index < -0.39 is 40.6 Å². The smallest absolute Gasteiger partial charge is 0.491 e. The fourth-order valence-electron chi connectivity index (χ4n) is 2.99. The number of rotatable bonds is 12. The Balaban J connectivity index is 2.18. The normalized spacial score (nSPS) is 12.3. The summed E-state index contributed by atoms with van der Waals surface area (Å²) in [6, 6.07) is 8.19. The number of halogens is 4. The zero-order valence-electron chi connectivity index (χ0n) is 19.8. The van der Waals surface area contributed by atoms with Crippen LogP contribution in [0.3, 0.4) is 0 Å². The van der Waals surface area contributed by atoms with Gasteiger partial charge in [0, 0.05) is 6.42 Å². The van der Waals surface area contributed by atoms with Crippen molar-refractivity contribution in [3.8, 4) is 5.75 Å². The third-order valence-electron chi connectivity index (χ3n) is 4.62. The third-order valence-corrected chi connectivity index (χ3v) is 6.72. The number of carbonyl (C=O) groups is 2.